The number of piperazine rings is 1. The molecule has 2 amide bonds. The van der Waals surface area contributed by atoms with E-state index >= 15 is 0 Å². The number of nitrogens with zero attached hydrogens (tertiary/aromatic N) is 5. The van der Waals surface area contributed by atoms with Gasteiger partial charge in [-0.2, -0.15) is 5.10 Å². The lowest BCUT2D eigenvalue weighted by molar-refractivity contribution is -0.138. The van der Waals surface area contributed by atoms with Crippen LogP contribution in [-0.2, 0) is 11.2 Å². The topological polar surface area (TPSA) is 105 Å². The number of likely N-dealkylation sites (tertiary alicyclic amines) is 2. The van der Waals surface area contributed by atoms with E-state index < -0.39 is 5.82 Å². The largest absolute Gasteiger partial charge is 0.339 e. The van der Waals surface area contributed by atoms with Crippen LogP contribution >= 0.6 is 0 Å². The molecule has 0 radical (unpaired) electrons. The Morgan fingerprint density at radius 1 is 0.804 bits per heavy atom. The average molecular weight is 630 g/mol. The molecule has 10 nitrogen and oxygen atoms in total. The molecule has 4 aliphatic rings. The Morgan fingerprint density at radius 3 is 2.20 bits per heavy atom. The minimum absolute atomic E-state index is 0.0177. The number of aromatic nitrogens is 2. The van der Waals surface area contributed by atoms with Crippen molar-refractivity contribution in [3.63, 3.8) is 0 Å². The highest BCUT2D eigenvalue weighted by atomic mass is 19.1. The Labute approximate surface area is 268 Å². The van der Waals surface area contributed by atoms with Gasteiger partial charge in [0.1, 0.15) is 5.82 Å². The van der Waals surface area contributed by atoms with Crippen molar-refractivity contribution >= 4 is 22.6 Å². The van der Waals surface area contributed by atoms with Crippen molar-refractivity contribution in [3.8, 4) is 0 Å². The van der Waals surface area contributed by atoms with Crippen molar-refractivity contribution in [2.75, 3.05) is 65.4 Å². The van der Waals surface area contributed by atoms with Crippen LogP contribution in [0.1, 0.15) is 53.7 Å². The first-order valence-corrected chi connectivity index (χ1v) is 17.0. The number of piperidine rings is 2. The molecule has 4 aliphatic heterocycles. The zero-order valence-electron chi connectivity index (χ0n) is 26.4. The second-order valence-corrected chi connectivity index (χ2v) is 13.4. The van der Waals surface area contributed by atoms with E-state index in [4.69, 9.17) is 0 Å². The molecule has 0 aliphatic carbocycles. The summed E-state index contributed by atoms with van der Waals surface area (Å²) in [4.78, 5) is 47.9. The fraction of sp³-hybridized carbons (Fsp3) is 0.543. The maximum Gasteiger partial charge on any atom is 0.272 e. The zero-order valence-corrected chi connectivity index (χ0v) is 26.4. The summed E-state index contributed by atoms with van der Waals surface area (Å²) in [6, 6.07) is 13.1. The number of rotatable bonds is 6. The molecule has 0 saturated carbocycles. The first kappa shape index (κ1) is 31.0. The molecule has 3 aromatic rings. The molecule has 0 unspecified atom stereocenters. The first-order chi connectivity index (χ1) is 22.4. The predicted molar refractivity (Wildman–Crippen MR) is 174 cm³/mol. The summed E-state index contributed by atoms with van der Waals surface area (Å²) in [6.07, 6.45) is 5.83. The van der Waals surface area contributed by atoms with E-state index in [-0.39, 0.29) is 28.9 Å². The maximum atomic E-state index is 14.9. The van der Waals surface area contributed by atoms with Gasteiger partial charge in [-0.05, 0) is 88.6 Å². The lowest BCUT2D eigenvalue weighted by Crippen LogP contribution is -2.54. The van der Waals surface area contributed by atoms with Gasteiger partial charge in [0.15, 0.2) is 0 Å². The van der Waals surface area contributed by atoms with Gasteiger partial charge in [-0.15, -0.1) is 0 Å². The molecule has 1 atom stereocenters. The predicted octanol–water partition coefficient (Wildman–Crippen LogP) is 2.48. The third-order valence-electron chi connectivity index (χ3n) is 10.7. The van der Waals surface area contributed by atoms with Crippen molar-refractivity contribution in [2.24, 2.45) is 5.92 Å². The van der Waals surface area contributed by atoms with Crippen LogP contribution in [0.3, 0.4) is 0 Å². The van der Waals surface area contributed by atoms with Gasteiger partial charge in [0.05, 0.1) is 16.6 Å². The van der Waals surface area contributed by atoms with Gasteiger partial charge >= 0.3 is 0 Å². The highest BCUT2D eigenvalue weighted by Gasteiger charge is 2.35. The second kappa shape index (κ2) is 13.6. The molecule has 5 heterocycles. The number of carbonyl (C=O) groups is 2. The molecule has 7 rings (SSSR count). The minimum Gasteiger partial charge on any atom is -0.339 e. The number of H-pyrrole nitrogens is 1. The number of fused-ring (bicyclic) bond motifs is 1. The van der Waals surface area contributed by atoms with E-state index in [1.54, 1.807) is 29.2 Å². The quantitative estimate of drug-likeness (QED) is 0.432. The van der Waals surface area contributed by atoms with Gasteiger partial charge in [-0.3, -0.25) is 19.3 Å². The number of aromatic amines is 1. The van der Waals surface area contributed by atoms with Gasteiger partial charge in [0.2, 0.25) is 5.91 Å². The molecule has 0 bridgehead atoms. The first-order valence-electron chi connectivity index (χ1n) is 17.0. The van der Waals surface area contributed by atoms with Crippen LogP contribution in [0.2, 0.25) is 0 Å². The number of nitrogens with one attached hydrogen (secondary N) is 2. The maximum absolute atomic E-state index is 14.9. The number of hydrogen-bond donors (Lipinski definition) is 2. The Balaban J connectivity index is 0.905. The number of amides is 2. The summed E-state index contributed by atoms with van der Waals surface area (Å²) in [5.74, 6) is -0.701. The van der Waals surface area contributed by atoms with E-state index in [1.807, 2.05) is 17.0 Å². The van der Waals surface area contributed by atoms with E-state index in [0.29, 0.717) is 55.8 Å². The molecule has 11 heteroatoms. The summed E-state index contributed by atoms with van der Waals surface area (Å²) >= 11 is 0. The van der Waals surface area contributed by atoms with Crippen molar-refractivity contribution in [2.45, 2.75) is 50.6 Å². The normalized spacial score (nSPS) is 22.5. The average Bonchev–Trinajstić information content (AvgIpc) is 3.65. The van der Waals surface area contributed by atoms with Crippen LogP contribution in [0.15, 0.2) is 47.3 Å². The molecular weight excluding hydrogens is 585 g/mol. The van der Waals surface area contributed by atoms with E-state index in [0.717, 1.165) is 50.0 Å². The van der Waals surface area contributed by atoms with Gasteiger partial charge in [-0.25, -0.2) is 9.49 Å². The number of halogens is 1. The number of carbonyl (C=O) groups excluding carboxylic acids is 2. The molecule has 0 spiro atoms. The smallest absolute Gasteiger partial charge is 0.272 e. The van der Waals surface area contributed by atoms with Crippen LogP contribution in [0.4, 0.5) is 4.39 Å². The summed E-state index contributed by atoms with van der Waals surface area (Å²) in [7, 11) is 0. The van der Waals surface area contributed by atoms with E-state index in [9.17, 15) is 18.8 Å². The van der Waals surface area contributed by atoms with E-state index in [2.05, 4.69) is 25.3 Å². The molecule has 2 N–H and O–H groups in total. The third-order valence-corrected chi connectivity index (χ3v) is 10.7. The van der Waals surface area contributed by atoms with Crippen molar-refractivity contribution in [1.82, 2.24) is 35.1 Å². The van der Waals surface area contributed by atoms with Gasteiger partial charge in [0.25, 0.3) is 11.5 Å². The van der Waals surface area contributed by atoms with Crippen LogP contribution in [-0.4, -0.2) is 119 Å². The molecule has 1 aromatic heterocycles. The fourth-order valence-corrected chi connectivity index (χ4v) is 7.98. The minimum atomic E-state index is -0.570. The van der Waals surface area contributed by atoms with Crippen LogP contribution < -0.4 is 10.9 Å². The van der Waals surface area contributed by atoms with Gasteiger partial charge in [0, 0.05) is 62.5 Å². The van der Waals surface area contributed by atoms with Gasteiger partial charge < -0.3 is 20.0 Å². The Kier molecular flexibility index (Phi) is 9.15. The second-order valence-electron chi connectivity index (χ2n) is 13.4. The summed E-state index contributed by atoms with van der Waals surface area (Å²) in [6.45, 7) is 8.27. The Morgan fingerprint density at radius 2 is 1.48 bits per heavy atom. The molecule has 2 aromatic carbocycles. The fourth-order valence-electron chi connectivity index (χ4n) is 7.98. The highest BCUT2D eigenvalue weighted by molar-refractivity contribution is 5.95. The molecule has 4 saturated heterocycles. The monoisotopic (exact) mass is 629 g/mol. The van der Waals surface area contributed by atoms with Crippen molar-refractivity contribution in [3.05, 3.63) is 75.5 Å². The lowest BCUT2D eigenvalue weighted by Gasteiger charge is -2.43. The standard InChI is InChI=1S/C35H44FN7O3/c36-31-6-5-24(22-32-28-3-1-2-4-29(28)33(44)39-38-32)21-30(31)35(46)43-19-17-42(18-20-43)34(45)25-8-13-40(14-9-25)26-10-15-41(16-11-26)27-7-12-37-23-27/h1-6,21,25-27,37H,7-20,22-23H2,(H,39,44)/t27-/m0/s1. The zero-order chi connectivity index (χ0) is 31.6. The molecular formula is C35H44FN7O3. The number of benzene rings is 2. The van der Waals surface area contributed by atoms with Crippen molar-refractivity contribution < 1.29 is 14.0 Å². The lowest BCUT2D eigenvalue weighted by atomic mass is 9.92. The van der Waals surface area contributed by atoms with Crippen LogP contribution in [0, 0.1) is 11.7 Å². The Hall–Kier alpha value is -3.67. The SMILES string of the molecule is O=C(c1cc(Cc2n[nH]c(=O)c3ccccc23)ccc1F)N1CCN(C(=O)C2CCN(C3CCN([C@H]4CCNC4)CC3)CC2)CC1. The third kappa shape index (κ3) is 6.45. The number of hydrogen-bond acceptors (Lipinski definition) is 7. The Bertz CT molecular complexity index is 1620. The van der Waals surface area contributed by atoms with Crippen molar-refractivity contribution in [1.29, 1.82) is 0 Å². The van der Waals surface area contributed by atoms with Crippen LogP contribution in [0.5, 0.6) is 0 Å². The van der Waals surface area contributed by atoms with E-state index in [1.165, 1.54) is 38.4 Å². The van der Waals surface area contributed by atoms with Crippen LogP contribution in [0.25, 0.3) is 10.8 Å². The summed E-state index contributed by atoms with van der Waals surface area (Å²) in [5, 5.41) is 11.5. The molecule has 4 fully saturated rings. The summed E-state index contributed by atoms with van der Waals surface area (Å²) < 4.78 is 14.9. The van der Waals surface area contributed by atoms with Gasteiger partial charge in [-0.1, -0.05) is 24.3 Å². The highest BCUT2D eigenvalue weighted by Crippen LogP contribution is 2.27. The molecule has 46 heavy (non-hydrogen) atoms. The summed E-state index contributed by atoms with van der Waals surface area (Å²) in [5.41, 5.74) is 1.14. The molecule has 244 valence electrons.